The van der Waals surface area contributed by atoms with E-state index in [0.717, 1.165) is 5.56 Å². The molecule has 1 amide bonds. The van der Waals surface area contributed by atoms with Gasteiger partial charge in [-0.15, -0.1) is 0 Å². The number of rotatable bonds is 3. The highest BCUT2D eigenvalue weighted by Gasteiger charge is 2.47. The molecule has 0 saturated carbocycles. The first-order chi connectivity index (χ1) is 14.0. The van der Waals surface area contributed by atoms with Crippen molar-refractivity contribution in [2.24, 2.45) is 0 Å². The highest BCUT2D eigenvalue weighted by molar-refractivity contribution is 6.51. The first kappa shape index (κ1) is 18.8. The predicted octanol–water partition coefficient (Wildman–Crippen LogP) is 4.06. The maximum absolute atomic E-state index is 13.0. The molecule has 0 radical (unpaired) electrons. The molecule has 144 valence electrons. The number of carbonyl (C=O) groups excluding carboxylic acids is 2. The summed E-state index contributed by atoms with van der Waals surface area (Å²) in [6.07, 6.45) is 6.17. The Morgan fingerprint density at radius 2 is 1.83 bits per heavy atom. The lowest BCUT2D eigenvalue weighted by atomic mass is 9.96. The van der Waals surface area contributed by atoms with Crippen LogP contribution in [-0.4, -0.2) is 26.8 Å². The number of hydrogen-bond acceptors (Lipinski definition) is 5. The lowest BCUT2D eigenvalue weighted by Crippen LogP contribution is -2.29. The lowest BCUT2D eigenvalue weighted by molar-refractivity contribution is -0.132. The van der Waals surface area contributed by atoms with Gasteiger partial charge in [0.25, 0.3) is 11.7 Å². The van der Waals surface area contributed by atoms with Crippen LogP contribution in [0.3, 0.4) is 0 Å². The number of halogens is 1. The number of benzene rings is 1. The standard InChI is InChI=1S/C22H16ClN3O3/c1-13-4-5-16(11-17(13)23)26-19(15-3-2-8-25-12-15)18(21(28)22(26)29)20(27)14-6-9-24-10-7-14/h2-12,19,27H,1H3/b20-18+. The Kier molecular flexibility index (Phi) is 4.86. The number of nitrogens with zero attached hydrogens (tertiary/aromatic N) is 3. The fourth-order valence-corrected chi connectivity index (χ4v) is 3.52. The predicted molar refractivity (Wildman–Crippen MR) is 109 cm³/mol. The third-order valence-electron chi connectivity index (χ3n) is 4.83. The number of anilines is 1. The molecular formula is C22H16ClN3O3. The van der Waals surface area contributed by atoms with Crippen LogP contribution in [0.1, 0.15) is 22.7 Å². The fourth-order valence-electron chi connectivity index (χ4n) is 3.35. The number of pyridine rings is 2. The van der Waals surface area contributed by atoms with E-state index in [1.807, 2.05) is 6.92 Å². The van der Waals surface area contributed by atoms with Crippen molar-refractivity contribution in [2.75, 3.05) is 4.90 Å². The van der Waals surface area contributed by atoms with Gasteiger partial charge < -0.3 is 5.11 Å². The molecule has 1 aliphatic heterocycles. The normalized spacial score (nSPS) is 18.3. The van der Waals surface area contributed by atoms with Crippen molar-refractivity contribution in [2.45, 2.75) is 13.0 Å². The SMILES string of the molecule is Cc1ccc(N2C(=O)C(=O)/C(=C(/O)c3ccncc3)C2c2cccnc2)cc1Cl. The molecule has 1 unspecified atom stereocenters. The largest absolute Gasteiger partial charge is 0.507 e. The van der Waals surface area contributed by atoms with E-state index in [9.17, 15) is 14.7 Å². The van der Waals surface area contributed by atoms with Gasteiger partial charge in [-0.3, -0.25) is 24.5 Å². The van der Waals surface area contributed by atoms with Crippen LogP contribution in [0.4, 0.5) is 5.69 Å². The van der Waals surface area contributed by atoms with Crippen LogP contribution in [0.15, 0.2) is 72.8 Å². The second kappa shape index (κ2) is 7.48. The number of amides is 1. The number of aryl methyl sites for hydroxylation is 1. The van der Waals surface area contributed by atoms with E-state index in [-0.39, 0.29) is 11.3 Å². The van der Waals surface area contributed by atoms with Crippen LogP contribution in [-0.2, 0) is 9.59 Å². The maximum atomic E-state index is 13.0. The number of aliphatic hydroxyl groups is 1. The first-order valence-electron chi connectivity index (χ1n) is 8.86. The van der Waals surface area contributed by atoms with Gasteiger partial charge in [0.2, 0.25) is 0 Å². The van der Waals surface area contributed by atoms with Gasteiger partial charge >= 0.3 is 0 Å². The van der Waals surface area contributed by atoms with E-state index >= 15 is 0 Å². The Bertz CT molecular complexity index is 1130. The molecule has 1 N–H and O–H groups in total. The molecule has 1 aromatic carbocycles. The third kappa shape index (κ3) is 3.28. The number of carbonyl (C=O) groups is 2. The number of Topliss-reactive ketones (excluding diaryl/α,β-unsaturated/α-hetero) is 1. The molecule has 2 aromatic heterocycles. The minimum atomic E-state index is -0.837. The summed E-state index contributed by atoms with van der Waals surface area (Å²) in [6.45, 7) is 1.85. The summed E-state index contributed by atoms with van der Waals surface area (Å²) < 4.78 is 0. The number of aromatic nitrogens is 2. The van der Waals surface area contributed by atoms with E-state index in [1.54, 1.807) is 54.9 Å². The summed E-state index contributed by atoms with van der Waals surface area (Å²) in [5.41, 5.74) is 2.30. The van der Waals surface area contributed by atoms with Crippen LogP contribution in [0.25, 0.3) is 5.76 Å². The van der Waals surface area contributed by atoms with E-state index in [1.165, 1.54) is 17.3 Å². The zero-order valence-corrected chi connectivity index (χ0v) is 16.2. The smallest absolute Gasteiger partial charge is 0.300 e. The second-order valence-electron chi connectivity index (χ2n) is 6.62. The molecule has 0 spiro atoms. The Morgan fingerprint density at radius 1 is 1.07 bits per heavy atom. The highest BCUT2D eigenvalue weighted by Crippen LogP contribution is 2.42. The second-order valence-corrected chi connectivity index (χ2v) is 7.03. The number of ketones is 1. The summed E-state index contributed by atoms with van der Waals surface area (Å²) in [5.74, 6) is -1.78. The van der Waals surface area contributed by atoms with Crippen molar-refractivity contribution >= 4 is 34.7 Å². The summed E-state index contributed by atoms with van der Waals surface area (Å²) in [5, 5.41) is 11.4. The summed E-state index contributed by atoms with van der Waals surface area (Å²) >= 11 is 6.26. The van der Waals surface area contributed by atoms with E-state index in [0.29, 0.717) is 21.8 Å². The van der Waals surface area contributed by atoms with Gasteiger partial charge in [0.1, 0.15) is 5.76 Å². The van der Waals surface area contributed by atoms with Crippen LogP contribution < -0.4 is 4.90 Å². The molecule has 7 heteroatoms. The highest BCUT2D eigenvalue weighted by atomic mass is 35.5. The number of hydrogen-bond donors (Lipinski definition) is 1. The molecule has 3 aromatic rings. The summed E-state index contributed by atoms with van der Waals surface area (Å²) in [7, 11) is 0. The third-order valence-corrected chi connectivity index (χ3v) is 5.24. The minimum Gasteiger partial charge on any atom is -0.507 e. The van der Waals surface area contributed by atoms with Gasteiger partial charge in [-0.25, -0.2) is 0 Å². The molecule has 1 atom stereocenters. The van der Waals surface area contributed by atoms with Gasteiger partial charge in [0.05, 0.1) is 11.6 Å². The molecule has 1 fully saturated rings. The maximum Gasteiger partial charge on any atom is 0.300 e. The van der Waals surface area contributed by atoms with Gasteiger partial charge in [-0.2, -0.15) is 0 Å². The monoisotopic (exact) mass is 405 g/mol. The van der Waals surface area contributed by atoms with Crippen LogP contribution in [0.5, 0.6) is 0 Å². The minimum absolute atomic E-state index is 0.00843. The lowest BCUT2D eigenvalue weighted by Gasteiger charge is -2.25. The Hall–Kier alpha value is -3.51. The van der Waals surface area contributed by atoms with Crippen LogP contribution in [0, 0.1) is 6.92 Å². The van der Waals surface area contributed by atoms with Gasteiger partial charge in [-0.1, -0.05) is 23.7 Å². The molecule has 6 nitrogen and oxygen atoms in total. The summed E-state index contributed by atoms with van der Waals surface area (Å²) in [4.78, 5) is 35.3. The van der Waals surface area contributed by atoms with E-state index in [4.69, 9.17) is 11.6 Å². The molecule has 1 saturated heterocycles. The first-order valence-corrected chi connectivity index (χ1v) is 9.24. The molecule has 3 heterocycles. The average molecular weight is 406 g/mol. The molecular weight excluding hydrogens is 390 g/mol. The average Bonchev–Trinajstić information content (AvgIpc) is 3.02. The topological polar surface area (TPSA) is 83.4 Å². The van der Waals surface area contributed by atoms with Crippen molar-refractivity contribution in [3.63, 3.8) is 0 Å². The zero-order valence-electron chi connectivity index (χ0n) is 15.4. The van der Waals surface area contributed by atoms with E-state index < -0.39 is 17.7 Å². The summed E-state index contributed by atoms with van der Waals surface area (Å²) in [6, 6.07) is 10.9. The van der Waals surface area contributed by atoms with Gasteiger partial charge in [0, 0.05) is 41.1 Å². The van der Waals surface area contributed by atoms with Gasteiger partial charge in [-0.05, 0) is 48.4 Å². The van der Waals surface area contributed by atoms with Crippen LogP contribution in [0.2, 0.25) is 5.02 Å². The Balaban J connectivity index is 1.95. The van der Waals surface area contributed by atoms with Crippen molar-refractivity contribution in [1.82, 2.24) is 9.97 Å². The Morgan fingerprint density at radius 3 is 2.48 bits per heavy atom. The molecule has 1 aliphatic rings. The van der Waals surface area contributed by atoms with Crippen molar-refractivity contribution in [3.8, 4) is 0 Å². The molecule has 0 bridgehead atoms. The quantitative estimate of drug-likeness (QED) is 0.403. The van der Waals surface area contributed by atoms with E-state index in [2.05, 4.69) is 9.97 Å². The Labute approximate surface area is 172 Å². The van der Waals surface area contributed by atoms with Crippen molar-refractivity contribution in [1.29, 1.82) is 0 Å². The van der Waals surface area contributed by atoms with Crippen molar-refractivity contribution < 1.29 is 14.7 Å². The van der Waals surface area contributed by atoms with Gasteiger partial charge in [0.15, 0.2) is 0 Å². The molecule has 4 rings (SSSR count). The molecule has 29 heavy (non-hydrogen) atoms. The van der Waals surface area contributed by atoms with Crippen LogP contribution >= 0.6 is 11.6 Å². The fraction of sp³-hybridized carbons (Fsp3) is 0.0909. The zero-order chi connectivity index (χ0) is 20.5. The number of aliphatic hydroxyl groups excluding tert-OH is 1. The van der Waals surface area contributed by atoms with Crippen molar-refractivity contribution in [3.05, 3.63) is 94.5 Å². The molecule has 0 aliphatic carbocycles.